The van der Waals surface area contributed by atoms with Gasteiger partial charge in [0.1, 0.15) is 11.3 Å². The predicted molar refractivity (Wildman–Crippen MR) is 74.4 cm³/mol. The third kappa shape index (κ3) is 2.11. The molecule has 1 heterocycles. The summed E-state index contributed by atoms with van der Waals surface area (Å²) in [6.45, 7) is 0. The molecule has 0 aliphatic carbocycles. The molecule has 2 aromatic carbocycles. The third-order valence-corrected chi connectivity index (χ3v) is 3.32. The number of benzene rings is 2. The Bertz CT molecular complexity index is 688. The van der Waals surface area contributed by atoms with Crippen LogP contribution in [0.2, 0.25) is 5.02 Å². The Morgan fingerprint density at radius 1 is 1.00 bits per heavy atom. The summed E-state index contributed by atoms with van der Waals surface area (Å²) in [6.07, 6.45) is 0. The molecule has 0 amide bonds. The van der Waals surface area contributed by atoms with Crippen molar-refractivity contribution < 1.29 is 4.42 Å². The molecular weight excluding hydrogens is 300 g/mol. The maximum atomic E-state index is 5.97. The predicted octanol–water partition coefficient (Wildman–Crippen LogP) is 5.52. The summed E-state index contributed by atoms with van der Waals surface area (Å²) in [5.74, 6) is 0.834. The van der Waals surface area contributed by atoms with Gasteiger partial charge in [0.25, 0.3) is 0 Å². The van der Waals surface area contributed by atoms with E-state index < -0.39 is 0 Å². The molecule has 0 radical (unpaired) electrons. The van der Waals surface area contributed by atoms with Crippen molar-refractivity contribution in [1.29, 1.82) is 0 Å². The van der Waals surface area contributed by atoms with Gasteiger partial charge in [-0.15, -0.1) is 0 Å². The fraction of sp³-hybridized carbons (Fsp3) is 0. The highest BCUT2D eigenvalue weighted by Crippen LogP contribution is 2.30. The molecule has 0 bridgehead atoms. The van der Waals surface area contributed by atoms with E-state index >= 15 is 0 Å². The maximum Gasteiger partial charge on any atom is 0.135 e. The van der Waals surface area contributed by atoms with Crippen LogP contribution in [0.15, 0.2) is 57.4 Å². The quantitative estimate of drug-likeness (QED) is 0.577. The summed E-state index contributed by atoms with van der Waals surface area (Å²) in [5.41, 5.74) is 1.87. The molecule has 3 aromatic rings. The molecule has 0 saturated carbocycles. The molecule has 0 aliphatic heterocycles. The smallest absolute Gasteiger partial charge is 0.135 e. The van der Waals surface area contributed by atoms with Gasteiger partial charge in [0.05, 0.1) is 0 Å². The highest BCUT2D eigenvalue weighted by atomic mass is 79.9. The van der Waals surface area contributed by atoms with Crippen LogP contribution in [0.1, 0.15) is 0 Å². The lowest BCUT2D eigenvalue weighted by molar-refractivity contribution is 0.631. The number of hydrogen-bond donors (Lipinski definition) is 0. The zero-order valence-electron chi connectivity index (χ0n) is 8.78. The van der Waals surface area contributed by atoms with Crippen molar-refractivity contribution in [3.05, 3.63) is 58.0 Å². The van der Waals surface area contributed by atoms with E-state index in [1.165, 1.54) is 0 Å². The first-order chi connectivity index (χ1) is 8.22. The van der Waals surface area contributed by atoms with Crippen molar-refractivity contribution in [2.24, 2.45) is 0 Å². The van der Waals surface area contributed by atoms with Crippen molar-refractivity contribution in [3.8, 4) is 11.3 Å². The lowest BCUT2D eigenvalue weighted by atomic mass is 10.1. The van der Waals surface area contributed by atoms with Gasteiger partial charge in [-0.25, -0.2) is 0 Å². The zero-order chi connectivity index (χ0) is 11.8. The molecule has 0 N–H and O–H groups in total. The van der Waals surface area contributed by atoms with Crippen LogP contribution in [0.3, 0.4) is 0 Å². The first-order valence-corrected chi connectivity index (χ1v) is 6.34. The Hall–Kier alpha value is -1.25. The summed E-state index contributed by atoms with van der Waals surface area (Å²) >= 11 is 9.42. The molecule has 0 aliphatic rings. The van der Waals surface area contributed by atoms with E-state index in [1.807, 2.05) is 48.5 Å². The lowest BCUT2D eigenvalue weighted by Crippen LogP contribution is -1.71. The van der Waals surface area contributed by atoms with Crippen molar-refractivity contribution in [2.75, 3.05) is 0 Å². The largest absolute Gasteiger partial charge is 0.456 e. The fourth-order valence-electron chi connectivity index (χ4n) is 1.80. The van der Waals surface area contributed by atoms with Crippen molar-refractivity contribution in [1.82, 2.24) is 0 Å². The van der Waals surface area contributed by atoms with Gasteiger partial charge in [-0.05, 0) is 36.4 Å². The number of fused-ring (bicyclic) bond motifs is 1. The van der Waals surface area contributed by atoms with Crippen LogP contribution < -0.4 is 0 Å². The monoisotopic (exact) mass is 306 g/mol. The average molecular weight is 308 g/mol. The van der Waals surface area contributed by atoms with Crippen LogP contribution in [-0.2, 0) is 0 Å². The molecule has 0 unspecified atom stereocenters. The minimum absolute atomic E-state index is 0.712. The van der Waals surface area contributed by atoms with Gasteiger partial charge in [0, 0.05) is 20.4 Å². The summed E-state index contributed by atoms with van der Waals surface area (Å²) in [4.78, 5) is 0. The van der Waals surface area contributed by atoms with Gasteiger partial charge < -0.3 is 4.42 Å². The van der Waals surface area contributed by atoms with Gasteiger partial charge in [-0.3, -0.25) is 0 Å². The standard InChI is InChI=1S/C14H8BrClO/c15-11-4-5-13-10(6-11)8-14(17-13)9-2-1-3-12(16)7-9/h1-8H. The molecule has 3 rings (SSSR count). The molecule has 1 aromatic heterocycles. The molecule has 0 spiro atoms. The normalized spacial score (nSPS) is 10.9. The van der Waals surface area contributed by atoms with Gasteiger partial charge in [0.15, 0.2) is 0 Å². The number of hydrogen-bond acceptors (Lipinski definition) is 1. The minimum Gasteiger partial charge on any atom is -0.456 e. The molecule has 3 heteroatoms. The van der Waals surface area contributed by atoms with Crippen LogP contribution >= 0.6 is 27.5 Å². The molecule has 0 fully saturated rings. The average Bonchev–Trinajstić information content (AvgIpc) is 2.72. The van der Waals surface area contributed by atoms with Crippen LogP contribution in [-0.4, -0.2) is 0 Å². The van der Waals surface area contributed by atoms with E-state index in [0.29, 0.717) is 5.02 Å². The second-order valence-corrected chi connectivity index (χ2v) is 5.16. The minimum atomic E-state index is 0.712. The van der Waals surface area contributed by atoms with Crippen LogP contribution in [0.4, 0.5) is 0 Å². The van der Waals surface area contributed by atoms with Crippen LogP contribution in [0.5, 0.6) is 0 Å². The Balaban J connectivity index is 2.18. The van der Waals surface area contributed by atoms with E-state index in [4.69, 9.17) is 16.0 Å². The van der Waals surface area contributed by atoms with Gasteiger partial charge in [0.2, 0.25) is 0 Å². The Kier molecular flexibility index (Phi) is 2.69. The highest BCUT2D eigenvalue weighted by molar-refractivity contribution is 9.10. The Labute approximate surface area is 112 Å². The van der Waals surface area contributed by atoms with E-state index in [9.17, 15) is 0 Å². The van der Waals surface area contributed by atoms with Crippen molar-refractivity contribution in [3.63, 3.8) is 0 Å². The van der Waals surface area contributed by atoms with E-state index in [2.05, 4.69) is 15.9 Å². The molecule has 1 nitrogen and oxygen atoms in total. The van der Waals surface area contributed by atoms with E-state index in [0.717, 1.165) is 26.8 Å². The number of halogens is 2. The summed E-state index contributed by atoms with van der Waals surface area (Å²) in [7, 11) is 0. The van der Waals surface area contributed by atoms with Crippen molar-refractivity contribution in [2.45, 2.75) is 0 Å². The molecular formula is C14H8BrClO. The van der Waals surface area contributed by atoms with Crippen molar-refractivity contribution >= 4 is 38.5 Å². The second kappa shape index (κ2) is 4.21. The lowest BCUT2D eigenvalue weighted by Gasteiger charge is -1.96. The maximum absolute atomic E-state index is 5.97. The summed E-state index contributed by atoms with van der Waals surface area (Å²) in [6, 6.07) is 15.6. The number of rotatable bonds is 1. The van der Waals surface area contributed by atoms with Gasteiger partial charge >= 0.3 is 0 Å². The van der Waals surface area contributed by atoms with Crippen LogP contribution in [0, 0.1) is 0 Å². The Morgan fingerprint density at radius 3 is 2.71 bits per heavy atom. The molecule has 17 heavy (non-hydrogen) atoms. The SMILES string of the molecule is Clc1cccc(-c2cc3cc(Br)ccc3o2)c1. The fourth-order valence-corrected chi connectivity index (χ4v) is 2.37. The summed E-state index contributed by atoms with van der Waals surface area (Å²) < 4.78 is 6.83. The Morgan fingerprint density at radius 2 is 1.88 bits per heavy atom. The highest BCUT2D eigenvalue weighted by Gasteiger charge is 2.06. The third-order valence-electron chi connectivity index (χ3n) is 2.59. The van der Waals surface area contributed by atoms with E-state index in [1.54, 1.807) is 0 Å². The van der Waals surface area contributed by atoms with Crippen LogP contribution in [0.25, 0.3) is 22.3 Å². The van der Waals surface area contributed by atoms with Gasteiger partial charge in [-0.2, -0.15) is 0 Å². The van der Waals surface area contributed by atoms with Gasteiger partial charge in [-0.1, -0.05) is 39.7 Å². The molecule has 84 valence electrons. The molecule has 0 saturated heterocycles. The first-order valence-electron chi connectivity index (χ1n) is 5.17. The summed E-state index contributed by atoms with van der Waals surface area (Å²) in [5, 5.41) is 1.79. The molecule has 0 atom stereocenters. The first kappa shape index (κ1) is 10.9. The topological polar surface area (TPSA) is 13.1 Å². The number of furan rings is 1. The second-order valence-electron chi connectivity index (χ2n) is 3.80. The zero-order valence-corrected chi connectivity index (χ0v) is 11.1. The van der Waals surface area contributed by atoms with E-state index in [-0.39, 0.29) is 0 Å².